The second kappa shape index (κ2) is 3.25. The van der Waals surface area contributed by atoms with Gasteiger partial charge in [-0.2, -0.15) is 4.92 Å². The SMILES string of the molecule is C[Si](C)=C=[Si](C)C. The topological polar surface area (TPSA) is 0 Å². The largest absolute Gasteiger partial charge is 0.190 e. The van der Waals surface area contributed by atoms with Crippen molar-refractivity contribution in [2.24, 2.45) is 0 Å². The van der Waals surface area contributed by atoms with Gasteiger partial charge in [-0.25, -0.2) is 0 Å². The van der Waals surface area contributed by atoms with Crippen LogP contribution in [0.3, 0.4) is 0 Å². The molecule has 0 atom stereocenters. The lowest BCUT2D eigenvalue weighted by atomic mass is 11.8. The van der Waals surface area contributed by atoms with Gasteiger partial charge in [0.15, 0.2) is 0 Å². The number of rotatable bonds is 0. The minimum Gasteiger partial charge on any atom is -0.190 e. The van der Waals surface area contributed by atoms with Gasteiger partial charge in [0.25, 0.3) is 0 Å². The summed E-state index contributed by atoms with van der Waals surface area (Å²) in [6.45, 7) is 9.12. The summed E-state index contributed by atoms with van der Waals surface area (Å²) in [5.41, 5.74) is 0. The molecule has 0 saturated carbocycles. The molecule has 0 heterocycles. The molecule has 0 fully saturated rings. The molecular weight excluding hydrogens is 116 g/mol. The van der Waals surface area contributed by atoms with Crippen molar-refractivity contribution in [1.29, 1.82) is 0 Å². The molecule has 0 spiro atoms. The first kappa shape index (κ1) is 7.21. The highest BCUT2D eigenvalue weighted by Crippen LogP contribution is 1.60. The second-order valence-electron chi connectivity index (χ2n) is 2.12. The van der Waals surface area contributed by atoms with Crippen LogP contribution in [0.2, 0.25) is 26.2 Å². The van der Waals surface area contributed by atoms with E-state index >= 15 is 0 Å². The average molecular weight is 128 g/mol. The van der Waals surface area contributed by atoms with Gasteiger partial charge in [-0.3, -0.25) is 0 Å². The highest BCUT2D eigenvalue weighted by molar-refractivity contribution is 6.80. The fourth-order valence-electron chi connectivity index (χ4n) is 0.500. The maximum absolute atomic E-state index is 3.51. The highest BCUT2D eigenvalue weighted by atomic mass is 28.3. The Bertz CT molecular complexity index is 98.0. The van der Waals surface area contributed by atoms with Crippen molar-refractivity contribution >= 4 is 21.7 Å². The first-order valence-electron chi connectivity index (χ1n) is 2.50. The minimum absolute atomic E-state index is 0.139. The van der Waals surface area contributed by atoms with Crippen LogP contribution < -0.4 is 0 Å². The predicted octanol–water partition coefficient (Wildman–Crippen LogP) is 1.30. The maximum atomic E-state index is 3.51. The van der Waals surface area contributed by atoms with Crippen LogP contribution in [0.5, 0.6) is 0 Å². The molecule has 0 unspecified atom stereocenters. The summed E-state index contributed by atoms with van der Waals surface area (Å²) in [5.74, 6) is 0. The Kier molecular flexibility index (Phi) is 3.35. The lowest BCUT2D eigenvalue weighted by molar-refractivity contribution is 2.09. The normalized spacial score (nSPS) is 7.43. The Hall–Kier alpha value is 0.214. The van der Waals surface area contributed by atoms with E-state index in [1.165, 1.54) is 0 Å². The van der Waals surface area contributed by atoms with Crippen molar-refractivity contribution in [3.05, 3.63) is 0 Å². The van der Waals surface area contributed by atoms with Crippen LogP contribution in [0.1, 0.15) is 0 Å². The lowest BCUT2D eigenvalue weighted by Crippen LogP contribution is -1.92. The first-order chi connectivity index (χ1) is 3.13. The molecule has 2 heteroatoms. The van der Waals surface area contributed by atoms with E-state index in [2.05, 4.69) is 31.1 Å². The zero-order valence-electron chi connectivity index (χ0n) is 5.50. The molecule has 0 aliphatic rings. The van der Waals surface area contributed by atoms with Crippen LogP contribution in [0, 0.1) is 0 Å². The van der Waals surface area contributed by atoms with Crippen molar-refractivity contribution in [2.75, 3.05) is 0 Å². The number of hydrogen-bond acceptors (Lipinski definition) is 0. The molecule has 0 aromatic heterocycles. The molecule has 0 radical (unpaired) electrons. The minimum atomic E-state index is -0.139. The van der Waals surface area contributed by atoms with E-state index in [4.69, 9.17) is 0 Å². The molecule has 0 N–H and O–H groups in total. The van der Waals surface area contributed by atoms with E-state index in [1.54, 1.807) is 0 Å². The van der Waals surface area contributed by atoms with Crippen molar-refractivity contribution in [3.63, 3.8) is 0 Å². The van der Waals surface area contributed by atoms with E-state index in [9.17, 15) is 0 Å². The van der Waals surface area contributed by atoms with Gasteiger partial charge in [-0.1, -0.05) is 26.2 Å². The third kappa shape index (κ3) is 6.21. The Balaban J connectivity index is 4.13. The predicted molar refractivity (Wildman–Crippen MR) is 40.0 cm³/mol. The molecule has 0 aromatic carbocycles. The van der Waals surface area contributed by atoms with Gasteiger partial charge in [0.2, 0.25) is 0 Å². The van der Waals surface area contributed by atoms with Crippen molar-refractivity contribution in [1.82, 2.24) is 0 Å². The molecule has 0 amide bonds. The van der Waals surface area contributed by atoms with E-state index in [0.29, 0.717) is 0 Å². The van der Waals surface area contributed by atoms with Crippen molar-refractivity contribution < 1.29 is 0 Å². The van der Waals surface area contributed by atoms with Crippen LogP contribution in [0.15, 0.2) is 0 Å². The molecule has 0 nitrogen and oxygen atoms in total. The first-order valence-corrected chi connectivity index (χ1v) is 7.50. The van der Waals surface area contributed by atoms with Crippen molar-refractivity contribution in [3.8, 4) is 0 Å². The van der Waals surface area contributed by atoms with Gasteiger partial charge in [-0.05, 0) is 0 Å². The molecule has 0 aromatic rings. The lowest BCUT2D eigenvalue weighted by Gasteiger charge is -1.76. The highest BCUT2D eigenvalue weighted by Gasteiger charge is 1.72. The summed E-state index contributed by atoms with van der Waals surface area (Å²) < 4.78 is 0. The smallest absolute Gasteiger partial charge is 0.0501 e. The molecular formula is C5H12Si2. The van der Waals surface area contributed by atoms with Gasteiger partial charge >= 0.3 is 0 Å². The third-order valence-electron chi connectivity index (χ3n) is 0.500. The summed E-state index contributed by atoms with van der Waals surface area (Å²) in [5, 5.41) is 0. The van der Waals surface area contributed by atoms with E-state index in [0.717, 1.165) is 0 Å². The molecule has 0 saturated heterocycles. The van der Waals surface area contributed by atoms with Crippen LogP contribution >= 0.6 is 0 Å². The maximum Gasteiger partial charge on any atom is 0.0501 e. The van der Waals surface area contributed by atoms with Gasteiger partial charge in [0.1, 0.15) is 0 Å². The molecule has 0 rings (SSSR count). The Morgan fingerprint density at radius 1 is 0.857 bits per heavy atom. The zero-order valence-corrected chi connectivity index (χ0v) is 7.50. The van der Waals surface area contributed by atoms with Crippen LogP contribution in [-0.2, 0) is 0 Å². The molecule has 0 bridgehead atoms. The van der Waals surface area contributed by atoms with Crippen LogP contribution in [0.25, 0.3) is 0 Å². The fraction of sp³-hybridized carbons (Fsp3) is 0.800. The average Bonchev–Trinajstić information content (AvgIpc) is 1.27. The summed E-state index contributed by atoms with van der Waals surface area (Å²) in [6, 6.07) is 0. The molecule has 7 heavy (non-hydrogen) atoms. The van der Waals surface area contributed by atoms with Gasteiger partial charge in [0.05, 0.1) is 16.8 Å². The van der Waals surface area contributed by atoms with Crippen LogP contribution in [0.4, 0.5) is 0 Å². The second-order valence-corrected chi connectivity index (χ2v) is 7.12. The Morgan fingerprint density at radius 2 is 1.14 bits per heavy atom. The van der Waals surface area contributed by atoms with E-state index in [-0.39, 0.29) is 16.8 Å². The van der Waals surface area contributed by atoms with Gasteiger partial charge < -0.3 is 0 Å². The third-order valence-corrected chi connectivity index (χ3v) is 4.50. The fourth-order valence-corrected chi connectivity index (χ4v) is 4.50. The molecule has 40 valence electrons. The molecule has 0 aliphatic heterocycles. The van der Waals surface area contributed by atoms with Gasteiger partial charge in [0, 0.05) is 0 Å². The van der Waals surface area contributed by atoms with Crippen molar-refractivity contribution in [2.45, 2.75) is 26.2 Å². The summed E-state index contributed by atoms with van der Waals surface area (Å²) >= 11 is 0. The summed E-state index contributed by atoms with van der Waals surface area (Å²) in [7, 11) is -0.278. The Labute approximate surface area is 48.6 Å². The zero-order chi connectivity index (χ0) is 5.86. The Morgan fingerprint density at radius 3 is 1.14 bits per heavy atom. The molecule has 0 aliphatic carbocycles. The standard InChI is InChI=1S/C5H12Si2/c1-6(2)5-7(3)4/h1-4H3. The summed E-state index contributed by atoms with van der Waals surface area (Å²) in [4.78, 5) is 3.51. The summed E-state index contributed by atoms with van der Waals surface area (Å²) in [6.07, 6.45) is 0. The number of hydrogen-bond donors (Lipinski definition) is 0. The van der Waals surface area contributed by atoms with Crippen LogP contribution in [-0.4, -0.2) is 21.7 Å². The monoisotopic (exact) mass is 128 g/mol. The van der Waals surface area contributed by atoms with E-state index in [1.807, 2.05) is 0 Å². The van der Waals surface area contributed by atoms with E-state index < -0.39 is 0 Å². The van der Waals surface area contributed by atoms with Gasteiger partial charge in [-0.15, -0.1) is 0 Å². The quantitative estimate of drug-likeness (QED) is 0.431.